The molecule has 0 aromatic heterocycles. The summed E-state index contributed by atoms with van der Waals surface area (Å²) in [6, 6.07) is 8.08. The largest absolute Gasteiger partial charge is 0.493 e. The lowest BCUT2D eigenvalue weighted by atomic mass is 10.2. The first-order valence-electron chi connectivity index (χ1n) is 9.96. The highest BCUT2D eigenvalue weighted by Gasteiger charge is 2.28. The van der Waals surface area contributed by atoms with Gasteiger partial charge < -0.3 is 19.3 Å². The highest BCUT2D eigenvalue weighted by Crippen LogP contribution is 2.37. The van der Waals surface area contributed by atoms with Crippen LogP contribution >= 0.6 is 0 Å². The molecule has 2 aromatic rings. The van der Waals surface area contributed by atoms with Gasteiger partial charge in [0.25, 0.3) is 10.0 Å². The molecular formula is C21H24N2O9S2. The maximum absolute atomic E-state index is 13.2. The van der Waals surface area contributed by atoms with E-state index < -0.39 is 26.0 Å². The molecular weight excluding hydrogens is 488 g/mol. The first-order chi connectivity index (χ1) is 16.1. The van der Waals surface area contributed by atoms with Crippen LogP contribution in [0.4, 0.5) is 5.69 Å². The number of aliphatic carboxylic acids is 1. The standard InChI is InChI=1S/C21H24N2O9S2/c1-30-18-12-15(6-7-20(24)25)13-19(21(18)31-2)33(26,27)22-16-4-3-5-17(14-16)34(28,29)23-8-10-32-11-9-23/h3-7,12-14,22H,8-11H2,1-2H3,(H,24,25)/b7-6+. The van der Waals surface area contributed by atoms with Crippen LogP contribution in [0, 0.1) is 0 Å². The molecule has 0 saturated carbocycles. The van der Waals surface area contributed by atoms with E-state index in [2.05, 4.69) is 4.72 Å². The number of hydrogen-bond acceptors (Lipinski definition) is 8. The third-order valence-corrected chi connectivity index (χ3v) is 8.15. The van der Waals surface area contributed by atoms with E-state index in [1.807, 2.05) is 0 Å². The van der Waals surface area contributed by atoms with Gasteiger partial charge in [-0.1, -0.05) is 6.07 Å². The zero-order chi connectivity index (χ0) is 24.9. The van der Waals surface area contributed by atoms with Crippen LogP contribution in [0.2, 0.25) is 0 Å². The van der Waals surface area contributed by atoms with Crippen molar-refractivity contribution in [1.82, 2.24) is 4.31 Å². The molecule has 13 heteroatoms. The lowest BCUT2D eigenvalue weighted by Gasteiger charge is -2.26. The quantitative estimate of drug-likeness (QED) is 0.478. The summed E-state index contributed by atoms with van der Waals surface area (Å²) in [4.78, 5) is 10.5. The molecule has 2 aromatic carbocycles. The Labute approximate surface area is 197 Å². The van der Waals surface area contributed by atoms with Crippen molar-refractivity contribution < 1.29 is 40.9 Å². The molecule has 0 unspecified atom stereocenters. The van der Waals surface area contributed by atoms with Gasteiger partial charge in [0.1, 0.15) is 4.90 Å². The van der Waals surface area contributed by atoms with Gasteiger partial charge in [-0.25, -0.2) is 21.6 Å². The number of carbonyl (C=O) groups is 1. The summed E-state index contributed by atoms with van der Waals surface area (Å²) >= 11 is 0. The van der Waals surface area contributed by atoms with Gasteiger partial charge in [0, 0.05) is 19.2 Å². The molecule has 3 rings (SSSR count). The van der Waals surface area contributed by atoms with Crippen LogP contribution in [0.25, 0.3) is 6.08 Å². The predicted octanol–water partition coefficient (Wildman–Crippen LogP) is 1.62. The molecule has 1 fully saturated rings. The first-order valence-corrected chi connectivity index (χ1v) is 12.9. The molecule has 1 aliphatic heterocycles. The highest BCUT2D eigenvalue weighted by atomic mass is 32.2. The van der Waals surface area contributed by atoms with E-state index in [1.54, 1.807) is 0 Å². The van der Waals surface area contributed by atoms with Gasteiger partial charge in [-0.2, -0.15) is 4.31 Å². The number of methoxy groups -OCH3 is 2. The van der Waals surface area contributed by atoms with Gasteiger partial charge in [-0.3, -0.25) is 4.72 Å². The minimum Gasteiger partial charge on any atom is -0.493 e. The fourth-order valence-electron chi connectivity index (χ4n) is 3.28. The van der Waals surface area contributed by atoms with E-state index in [0.29, 0.717) is 0 Å². The second-order valence-corrected chi connectivity index (χ2v) is 10.7. The lowest BCUT2D eigenvalue weighted by Crippen LogP contribution is -2.40. The summed E-state index contributed by atoms with van der Waals surface area (Å²) in [6.07, 6.45) is 2.06. The Morgan fingerprint density at radius 2 is 1.79 bits per heavy atom. The number of benzene rings is 2. The normalized spacial score (nSPS) is 15.2. The minimum absolute atomic E-state index is 0.0156. The van der Waals surface area contributed by atoms with Gasteiger partial charge in [0.15, 0.2) is 11.5 Å². The van der Waals surface area contributed by atoms with Gasteiger partial charge in [0.05, 0.1) is 38.0 Å². The Balaban J connectivity index is 2.00. The Bertz CT molecular complexity index is 1300. The average molecular weight is 513 g/mol. The van der Waals surface area contributed by atoms with Crippen LogP contribution in [-0.4, -0.2) is 72.7 Å². The van der Waals surface area contributed by atoms with Crippen LogP contribution < -0.4 is 14.2 Å². The number of nitrogens with one attached hydrogen (secondary N) is 1. The third kappa shape index (κ3) is 5.67. The molecule has 1 aliphatic rings. The van der Waals surface area contributed by atoms with E-state index in [4.69, 9.17) is 19.3 Å². The second-order valence-electron chi connectivity index (χ2n) is 7.08. The molecule has 1 saturated heterocycles. The monoisotopic (exact) mass is 512 g/mol. The molecule has 1 heterocycles. The molecule has 0 atom stereocenters. The van der Waals surface area contributed by atoms with E-state index >= 15 is 0 Å². The zero-order valence-corrected chi connectivity index (χ0v) is 20.1. The molecule has 0 aliphatic carbocycles. The van der Waals surface area contributed by atoms with Crippen molar-refractivity contribution in [2.45, 2.75) is 9.79 Å². The van der Waals surface area contributed by atoms with Gasteiger partial charge in [-0.05, 0) is 42.0 Å². The SMILES string of the molecule is COc1cc(/C=C/C(=O)O)cc(S(=O)(=O)Nc2cccc(S(=O)(=O)N3CCOCC3)c2)c1OC. The third-order valence-electron chi connectivity index (χ3n) is 4.87. The summed E-state index contributed by atoms with van der Waals surface area (Å²) in [5, 5.41) is 8.88. The topological polar surface area (TPSA) is 149 Å². The number of sulfonamides is 2. The zero-order valence-electron chi connectivity index (χ0n) is 18.4. The summed E-state index contributed by atoms with van der Waals surface area (Å²) in [7, 11) is -5.57. The van der Waals surface area contributed by atoms with Crippen molar-refractivity contribution in [3.05, 3.63) is 48.0 Å². The van der Waals surface area contributed by atoms with Crippen LogP contribution in [-0.2, 0) is 29.6 Å². The number of carboxylic acids is 1. The average Bonchev–Trinajstić information content (AvgIpc) is 2.82. The van der Waals surface area contributed by atoms with E-state index in [9.17, 15) is 21.6 Å². The molecule has 11 nitrogen and oxygen atoms in total. The maximum Gasteiger partial charge on any atom is 0.328 e. The summed E-state index contributed by atoms with van der Waals surface area (Å²) in [6.45, 7) is 0.956. The fourth-order valence-corrected chi connectivity index (χ4v) is 6.00. The number of ether oxygens (including phenoxy) is 3. The smallest absolute Gasteiger partial charge is 0.328 e. The number of hydrogen-bond donors (Lipinski definition) is 2. The number of carboxylic acid groups (broad SMARTS) is 1. The van der Waals surface area contributed by atoms with Crippen molar-refractivity contribution in [3.8, 4) is 11.5 Å². The molecule has 34 heavy (non-hydrogen) atoms. The van der Waals surface area contributed by atoms with Crippen molar-refractivity contribution in [2.24, 2.45) is 0 Å². The highest BCUT2D eigenvalue weighted by molar-refractivity contribution is 7.92. The Hall–Kier alpha value is -3.13. The molecule has 0 bridgehead atoms. The minimum atomic E-state index is -4.30. The van der Waals surface area contributed by atoms with Crippen molar-refractivity contribution >= 4 is 37.8 Å². The van der Waals surface area contributed by atoms with Crippen LogP contribution in [0.15, 0.2) is 52.3 Å². The van der Waals surface area contributed by atoms with E-state index in [1.165, 1.54) is 61.0 Å². The molecule has 0 radical (unpaired) electrons. The first kappa shape index (κ1) is 25.5. The molecule has 0 spiro atoms. The Kier molecular flexibility index (Phi) is 7.82. The molecule has 2 N–H and O–H groups in total. The van der Waals surface area contributed by atoms with Crippen molar-refractivity contribution in [2.75, 3.05) is 45.2 Å². The van der Waals surface area contributed by atoms with Gasteiger partial charge in [0.2, 0.25) is 10.0 Å². The molecule has 0 amide bonds. The lowest BCUT2D eigenvalue weighted by molar-refractivity contribution is -0.131. The Morgan fingerprint density at radius 3 is 2.41 bits per heavy atom. The van der Waals surface area contributed by atoms with E-state index in [0.717, 1.165) is 6.08 Å². The maximum atomic E-state index is 13.2. The summed E-state index contributed by atoms with van der Waals surface area (Å²) < 4.78 is 71.6. The van der Waals surface area contributed by atoms with Crippen molar-refractivity contribution in [3.63, 3.8) is 0 Å². The number of nitrogens with zero attached hydrogens (tertiary/aromatic N) is 1. The van der Waals surface area contributed by atoms with Crippen molar-refractivity contribution in [1.29, 1.82) is 0 Å². The second kappa shape index (κ2) is 10.4. The van der Waals surface area contributed by atoms with Crippen LogP contribution in [0.1, 0.15) is 5.56 Å². The van der Waals surface area contributed by atoms with E-state index in [-0.39, 0.29) is 58.8 Å². The summed E-state index contributed by atoms with van der Waals surface area (Å²) in [5.41, 5.74) is 0.255. The van der Waals surface area contributed by atoms with Gasteiger partial charge in [-0.15, -0.1) is 0 Å². The predicted molar refractivity (Wildman–Crippen MR) is 123 cm³/mol. The number of morpholine rings is 1. The fraction of sp³-hybridized carbons (Fsp3) is 0.286. The molecule has 184 valence electrons. The Morgan fingerprint density at radius 1 is 1.09 bits per heavy atom. The van der Waals surface area contributed by atoms with Crippen LogP contribution in [0.5, 0.6) is 11.5 Å². The van der Waals surface area contributed by atoms with Crippen LogP contribution in [0.3, 0.4) is 0 Å². The number of anilines is 1. The van der Waals surface area contributed by atoms with Gasteiger partial charge >= 0.3 is 5.97 Å². The summed E-state index contributed by atoms with van der Waals surface area (Å²) in [5.74, 6) is -1.24. The number of rotatable bonds is 9.